The van der Waals surface area contributed by atoms with Gasteiger partial charge in [-0.15, -0.1) is 21.5 Å². The Bertz CT molecular complexity index is 698. The summed E-state index contributed by atoms with van der Waals surface area (Å²) in [6, 6.07) is 4.37. The van der Waals surface area contributed by atoms with Crippen molar-refractivity contribution in [2.24, 2.45) is 11.8 Å². The van der Waals surface area contributed by atoms with Gasteiger partial charge in [0.05, 0.1) is 10.6 Å². The van der Waals surface area contributed by atoms with Gasteiger partial charge in [0.2, 0.25) is 5.91 Å². The predicted molar refractivity (Wildman–Crippen MR) is 104 cm³/mol. The summed E-state index contributed by atoms with van der Waals surface area (Å²) >= 11 is 3.13. The van der Waals surface area contributed by atoms with Gasteiger partial charge in [-0.3, -0.25) is 4.79 Å². The van der Waals surface area contributed by atoms with Crippen molar-refractivity contribution in [2.75, 3.05) is 5.75 Å². The first-order chi connectivity index (χ1) is 12.1. The van der Waals surface area contributed by atoms with Crippen molar-refractivity contribution >= 4 is 29.0 Å². The highest BCUT2D eigenvalue weighted by Gasteiger charge is 2.28. The van der Waals surface area contributed by atoms with Crippen molar-refractivity contribution in [3.8, 4) is 10.7 Å². The number of nitrogens with one attached hydrogen (secondary N) is 1. The van der Waals surface area contributed by atoms with E-state index in [1.807, 2.05) is 17.5 Å². The monoisotopic (exact) mass is 378 g/mol. The molecule has 1 saturated carbocycles. The molecule has 1 aliphatic carbocycles. The number of aromatic nitrogens is 3. The largest absolute Gasteiger partial charge is 0.352 e. The molecule has 2 heterocycles. The van der Waals surface area contributed by atoms with Crippen LogP contribution in [0.5, 0.6) is 0 Å². The topological polar surface area (TPSA) is 59.8 Å². The van der Waals surface area contributed by atoms with Crippen LogP contribution in [0, 0.1) is 11.8 Å². The highest BCUT2D eigenvalue weighted by molar-refractivity contribution is 7.99. The minimum absolute atomic E-state index is 0.0966. The lowest BCUT2D eigenvalue weighted by molar-refractivity contribution is -0.120. The van der Waals surface area contributed by atoms with Crippen LogP contribution in [0.4, 0.5) is 0 Å². The summed E-state index contributed by atoms with van der Waals surface area (Å²) in [7, 11) is 0. The van der Waals surface area contributed by atoms with Crippen LogP contribution in [-0.2, 0) is 11.3 Å². The van der Waals surface area contributed by atoms with Crippen LogP contribution in [0.25, 0.3) is 10.7 Å². The molecule has 2 aromatic heterocycles. The first-order valence-electron chi connectivity index (χ1n) is 8.99. The predicted octanol–water partition coefficient (Wildman–Crippen LogP) is 4.06. The molecule has 0 saturated heterocycles. The Hall–Kier alpha value is -1.34. The van der Waals surface area contributed by atoms with Crippen molar-refractivity contribution in [3.05, 3.63) is 17.5 Å². The van der Waals surface area contributed by atoms with Gasteiger partial charge < -0.3 is 9.88 Å². The third kappa shape index (κ3) is 4.26. The molecule has 2 aromatic rings. The molecule has 1 fully saturated rings. The van der Waals surface area contributed by atoms with E-state index in [0.29, 0.717) is 23.6 Å². The molecule has 0 aliphatic heterocycles. The Labute approximate surface area is 157 Å². The number of nitrogens with zero attached hydrogens (tertiary/aromatic N) is 3. The zero-order valence-corrected chi connectivity index (χ0v) is 16.7. The fraction of sp³-hybridized carbons (Fsp3) is 0.611. The number of carbonyl (C=O) groups excluding carboxylic acids is 1. The molecule has 0 spiro atoms. The third-order valence-corrected chi connectivity index (χ3v) is 6.99. The molecule has 136 valence electrons. The lowest BCUT2D eigenvalue weighted by Gasteiger charge is -2.34. The average molecular weight is 379 g/mol. The highest BCUT2D eigenvalue weighted by atomic mass is 32.2. The van der Waals surface area contributed by atoms with Crippen LogP contribution in [-0.4, -0.2) is 32.5 Å². The van der Waals surface area contributed by atoms with Gasteiger partial charge in [0, 0.05) is 12.6 Å². The maximum atomic E-state index is 12.4. The molecule has 0 bridgehead atoms. The molecule has 1 N–H and O–H groups in total. The fourth-order valence-electron chi connectivity index (χ4n) is 3.43. The molecule has 1 aliphatic rings. The van der Waals surface area contributed by atoms with Gasteiger partial charge in [-0.25, -0.2) is 0 Å². The zero-order valence-electron chi connectivity index (χ0n) is 15.1. The molecular formula is C18H26N4OS2. The van der Waals surface area contributed by atoms with Crippen molar-refractivity contribution in [1.29, 1.82) is 0 Å². The van der Waals surface area contributed by atoms with Crippen molar-refractivity contribution in [2.45, 2.75) is 57.8 Å². The van der Waals surface area contributed by atoms with E-state index >= 15 is 0 Å². The summed E-state index contributed by atoms with van der Waals surface area (Å²) in [4.78, 5) is 13.5. The Morgan fingerprint density at radius 3 is 2.96 bits per heavy atom. The number of thiophene rings is 1. The van der Waals surface area contributed by atoms with E-state index in [1.165, 1.54) is 24.6 Å². The van der Waals surface area contributed by atoms with E-state index < -0.39 is 0 Å². The molecule has 25 heavy (non-hydrogen) atoms. The number of hydrogen-bond donors (Lipinski definition) is 1. The van der Waals surface area contributed by atoms with E-state index in [9.17, 15) is 4.79 Å². The number of carbonyl (C=O) groups is 1. The second kappa shape index (κ2) is 8.36. The molecule has 0 aromatic carbocycles. The molecular weight excluding hydrogens is 352 g/mol. The maximum Gasteiger partial charge on any atom is 0.230 e. The van der Waals surface area contributed by atoms with Gasteiger partial charge in [0.1, 0.15) is 0 Å². The van der Waals surface area contributed by atoms with Crippen LogP contribution in [0.2, 0.25) is 0 Å². The zero-order chi connectivity index (χ0) is 17.8. The minimum atomic E-state index is 0.0966. The summed E-state index contributed by atoms with van der Waals surface area (Å²) in [6.45, 7) is 7.41. The Morgan fingerprint density at radius 1 is 1.40 bits per heavy atom. The molecule has 3 rings (SSSR count). The minimum Gasteiger partial charge on any atom is -0.352 e. The SMILES string of the molecule is CCn1c(SCC(=O)N[C@@H]2CCC[C@@H](C)[C@@H]2C)nnc1-c1cccs1. The molecule has 7 heteroatoms. The van der Waals surface area contributed by atoms with E-state index in [2.05, 4.69) is 40.9 Å². The third-order valence-electron chi connectivity index (χ3n) is 5.16. The maximum absolute atomic E-state index is 12.4. The Morgan fingerprint density at radius 2 is 2.24 bits per heavy atom. The molecule has 0 unspecified atom stereocenters. The van der Waals surface area contributed by atoms with Gasteiger partial charge in [-0.2, -0.15) is 0 Å². The van der Waals surface area contributed by atoms with Gasteiger partial charge >= 0.3 is 0 Å². The van der Waals surface area contributed by atoms with Crippen LogP contribution in [0.15, 0.2) is 22.7 Å². The fourth-order valence-corrected chi connectivity index (χ4v) is 4.96. The van der Waals surface area contributed by atoms with E-state index in [1.54, 1.807) is 11.3 Å². The number of thioether (sulfide) groups is 1. The Kier molecular flexibility index (Phi) is 6.17. The normalized spacial score (nSPS) is 23.6. The Balaban J connectivity index is 1.59. The van der Waals surface area contributed by atoms with Gasteiger partial charge in [0.25, 0.3) is 0 Å². The second-order valence-corrected chi connectivity index (χ2v) is 8.65. The average Bonchev–Trinajstić information content (AvgIpc) is 3.25. The second-order valence-electron chi connectivity index (χ2n) is 6.76. The van der Waals surface area contributed by atoms with Crippen LogP contribution in [0.1, 0.15) is 40.0 Å². The number of hydrogen-bond acceptors (Lipinski definition) is 5. The summed E-state index contributed by atoms with van der Waals surface area (Å²) < 4.78 is 2.08. The van der Waals surface area contributed by atoms with Gasteiger partial charge in [-0.05, 0) is 36.6 Å². The van der Waals surface area contributed by atoms with Crippen molar-refractivity contribution < 1.29 is 4.79 Å². The molecule has 3 atom stereocenters. The lowest BCUT2D eigenvalue weighted by Crippen LogP contribution is -2.44. The van der Waals surface area contributed by atoms with Crippen LogP contribution >= 0.6 is 23.1 Å². The first kappa shape index (κ1) is 18.5. The van der Waals surface area contributed by atoms with Gasteiger partial charge in [0.15, 0.2) is 11.0 Å². The summed E-state index contributed by atoms with van der Waals surface area (Å²) in [6.07, 6.45) is 3.57. The molecule has 0 radical (unpaired) electrons. The molecule has 1 amide bonds. The van der Waals surface area contributed by atoms with Crippen molar-refractivity contribution in [1.82, 2.24) is 20.1 Å². The van der Waals surface area contributed by atoms with Crippen molar-refractivity contribution in [3.63, 3.8) is 0 Å². The van der Waals surface area contributed by atoms with Crippen LogP contribution in [0.3, 0.4) is 0 Å². The summed E-state index contributed by atoms with van der Waals surface area (Å²) in [5.74, 6) is 2.60. The summed E-state index contributed by atoms with van der Waals surface area (Å²) in [5.41, 5.74) is 0. The highest BCUT2D eigenvalue weighted by Crippen LogP contribution is 2.30. The molecule has 5 nitrogen and oxygen atoms in total. The standard InChI is InChI=1S/C18H26N4OS2/c1-4-22-17(15-9-6-10-24-15)20-21-18(22)25-11-16(23)19-14-8-5-7-12(2)13(14)3/h6,9-10,12-14H,4-5,7-8,11H2,1-3H3,(H,19,23)/t12-,13+,14-/m1/s1. The van der Waals surface area contributed by atoms with Crippen LogP contribution < -0.4 is 5.32 Å². The first-order valence-corrected chi connectivity index (χ1v) is 10.9. The number of amides is 1. The van der Waals surface area contributed by atoms with E-state index in [-0.39, 0.29) is 5.91 Å². The van der Waals surface area contributed by atoms with E-state index in [0.717, 1.165) is 28.8 Å². The number of rotatable bonds is 6. The van der Waals surface area contributed by atoms with Gasteiger partial charge in [-0.1, -0.05) is 44.5 Å². The van der Waals surface area contributed by atoms with E-state index in [4.69, 9.17) is 0 Å². The quantitative estimate of drug-likeness (QED) is 0.770. The lowest BCUT2D eigenvalue weighted by atomic mass is 9.78. The summed E-state index contributed by atoms with van der Waals surface area (Å²) in [5, 5.41) is 14.7. The smallest absolute Gasteiger partial charge is 0.230 e.